The molecule has 5 rings (SSSR count). The molecule has 1 saturated heterocycles. The number of rotatable bonds is 7. The van der Waals surface area contributed by atoms with Crippen LogP contribution < -0.4 is 10.2 Å². The second-order valence-electron chi connectivity index (χ2n) is 10.3. The number of hydrogen-bond acceptors (Lipinski definition) is 6. The fraction of sp³-hybridized carbons (Fsp3) is 0.577. The number of nitrogens with one attached hydrogen (secondary N) is 1. The lowest BCUT2D eigenvalue weighted by Crippen LogP contribution is -2.51. The molecule has 2 heterocycles. The number of nitrogens with zero attached hydrogens (tertiary/aromatic N) is 4. The van der Waals surface area contributed by atoms with Gasteiger partial charge in [0.05, 0.1) is 23.3 Å². The first-order chi connectivity index (χ1) is 17.6. The summed E-state index contributed by atoms with van der Waals surface area (Å²) in [6, 6.07) is 2.40. The Kier molecular flexibility index (Phi) is 7.10. The molecule has 3 atom stereocenters. The molecular formula is C26H31F4N5O2. The Bertz CT molecular complexity index is 1150. The third kappa shape index (κ3) is 5.43. The highest BCUT2D eigenvalue weighted by Gasteiger charge is 2.37. The van der Waals surface area contributed by atoms with E-state index in [2.05, 4.69) is 20.2 Å². The molecule has 1 aromatic carbocycles. The molecule has 11 heteroatoms. The molecule has 1 aromatic heterocycles. The first-order valence-corrected chi connectivity index (χ1v) is 12.8. The second-order valence-corrected chi connectivity index (χ2v) is 10.3. The van der Waals surface area contributed by atoms with Gasteiger partial charge in [0.2, 0.25) is 5.91 Å². The summed E-state index contributed by atoms with van der Waals surface area (Å²) in [5.74, 6) is -0.844. The number of halogens is 4. The first kappa shape index (κ1) is 25.8. The van der Waals surface area contributed by atoms with Crippen LogP contribution in [0.4, 0.5) is 23.4 Å². The average molecular weight is 522 g/mol. The molecule has 3 aliphatic rings. The van der Waals surface area contributed by atoms with Crippen LogP contribution in [0.2, 0.25) is 0 Å². The Morgan fingerprint density at radius 3 is 2.57 bits per heavy atom. The van der Waals surface area contributed by atoms with Gasteiger partial charge in [-0.1, -0.05) is 13.0 Å². The van der Waals surface area contributed by atoms with Gasteiger partial charge >= 0.3 is 6.18 Å². The molecule has 37 heavy (non-hydrogen) atoms. The zero-order valence-electron chi connectivity index (χ0n) is 20.6. The van der Waals surface area contributed by atoms with Gasteiger partial charge in [-0.15, -0.1) is 0 Å². The van der Waals surface area contributed by atoms with E-state index in [0.29, 0.717) is 56.8 Å². The summed E-state index contributed by atoms with van der Waals surface area (Å²) < 4.78 is 54.1. The predicted octanol–water partition coefficient (Wildman–Crippen LogP) is 3.61. The molecule has 2 aromatic rings. The normalized spacial score (nSPS) is 22.8. The van der Waals surface area contributed by atoms with E-state index in [1.807, 2.05) is 6.92 Å². The molecule has 2 fully saturated rings. The summed E-state index contributed by atoms with van der Waals surface area (Å²) >= 11 is 0. The van der Waals surface area contributed by atoms with Crippen molar-refractivity contribution in [3.05, 3.63) is 52.7 Å². The van der Waals surface area contributed by atoms with Crippen LogP contribution in [-0.4, -0.2) is 65.2 Å². The van der Waals surface area contributed by atoms with E-state index in [0.717, 1.165) is 36.4 Å². The van der Waals surface area contributed by atoms with Gasteiger partial charge in [-0.3, -0.25) is 4.79 Å². The third-order valence-electron chi connectivity index (χ3n) is 7.65. The zero-order valence-corrected chi connectivity index (χ0v) is 20.6. The number of piperazine rings is 1. The van der Waals surface area contributed by atoms with E-state index in [9.17, 15) is 27.5 Å². The largest absolute Gasteiger partial charge is 0.416 e. The molecule has 2 N–H and O–H groups in total. The smallest absolute Gasteiger partial charge is 0.387 e. The van der Waals surface area contributed by atoms with Gasteiger partial charge in [0.1, 0.15) is 18.0 Å². The van der Waals surface area contributed by atoms with E-state index in [4.69, 9.17) is 0 Å². The molecule has 1 aliphatic heterocycles. The highest BCUT2D eigenvalue weighted by Crippen LogP contribution is 2.43. The quantitative estimate of drug-likeness (QED) is 0.542. The van der Waals surface area contributed by atoms with Crippen LogP contribution >= 0.6 is 0 Å². The number of alkyl halides is 3. The summed E-state index contributed by atoms with van der Waals surface area (Å²) in [5.41, 5.74) is 0.482. The SMILES string of the molecule is C[C@@H]1C[C@@H](O)c2ncnc(N3CCN(C(=O)[C@H](CNCC4CC4)c4ccc(C(F)(F)F)cc4F)CC3)c21. The van der Waals surface area contributed by atoms with Crippen LogP contribution in [0.25, 0.3) is 0 Å². The summed E-state index contributed by atoms with van der Waals surface area (Å²) in [6.45, 7) is 4.62. The average Bonchev–Trinajstić information content (AvgIpc) is 3.65. The number of carbonyl (C=O) groups is 1. The minimum atomic E-state index is -4.66. The molecular weight excluding hydrogens is 490 g/mol. The summed E-state index contributed by atoms with van der Waals surface area (Å²) in [7, 11) is 0. The van der Waals surface area contributed by atoms with Crippen LogP contribution in [0.1, 0.15) is 66.5 Å². The van der Waals surface area contributed by atoms with Gasteiger partial charge in [0.25, 0.3) is 0 Å². The number of anilines is 1. The summed E-state index contributed by atoms with van der Waals surface area (Å²) in [5, 5.41) is 13.5. The molecule has 0 unspecified atom stereocenters. The fourth-order valence-corrected chi connectivity index (χ4v) is 5.38. The Labute approximate surface area is 212 Å². The van der Waals surface area contributed by atoms with Crippen molar-refractivity contribution < 1.29 is 27.5 Å². The van der Waals surface area contributed by atoms with Gasteiger partial charge in [-0.2, -0.15) is 13.2 Å². The monoisotopic (exact) mass is 521 g/mol. The minimum Gasteiger partial charge on any atom is -0.387 e. The Hall–Kier alpha value is -2.79. The third-order valence-corrected chi connectivity index (χ3v) is 7.65. The molecule has 1 amide bonds. The molecule has 0 bridgehead atoms. The standard InChI is InChI=1S/C26H31F4N5O2/c1-15-10-21(36)23-22(15)24(33-14-32-23)34-6-8-35(9-7-34)25(37)19(13-31-12-16-2-3-16)18-5-4-17(11-20(18)27)26(28,29)30/h4-5,11,14-16,19,21,31,36H,2-3,6-10,12-13H2,1H3/t15-,19-,21-/m1/s1. The van der Waals surface area contributed by atoms with E-state index >= 15 is 0 Å². The maximum absolute atomic E-state index is 14.9. The topological polar surface area (TPSA) is 81.6 Å². The number of aliphatic hydroxyl groups excluding tert-OH is 1. The van der Waals surface area contributed by atoms with Crippen molar-refractivity contribution in [2.45, 2.75) is 50.3 Å². The van der Waals surface area contributed by atoms with Crippen LogP contribution in [0, 0.1) is 11.7 Å². The number of benzene rings is 1. The molecule has 0 spiro atoms. The number of amides is 1. The van der Waals surface area contributed by atoms with Crippen molar-refractivity contribution in [1.29, 1.82) is 0 Å². The van der Waals surface area contributed by atoms with Gasteiger partial charge in [-0.05, 0) is 49.8 Å². The number of hydrogen-bond donors (Lipinski definition) is 2. The zero-order chi connectivity index (χ0) is 26.3. The number of fused-ring (bicyclic) bond motifs is 1. The van der Waals surface area contributed by atoms with Crippen molar-refractivity contribution in [2.24, 2.45) is 5.92 Å². The Morgan fingerprint density at radius 2 is 1.92 bits per heavy atom. The number of carbonyl (C=O) groups excluding carboxylic acids is 1. The van der Waals surface area contributed by atoms with E-state index in [1.165, 1.54) is 6.33 Å². The predicted molar refractivity (Wildman–Crippen MR) is 129 cm³/mol. The summed E-state index contributed by atoms with van der Waals surface area (Å²) in [6.07, 6.45) is -1.03. The fourth-order valence-electron chi connectivity index (χ4n) is 5.38. The highest BCUT2D eigenvalue weighted by atomic mass is 19.4. The molecule has 7 nitrogen and oxygen atoms in total. The number of aromatic nitrogens is 2. The van der Waals surface area contributed by atoms with Crippen LogP contribution in [0.3, 0.4) is 0 Å². The number of aliphatic hydroxyl groups is 1. The van der Waals surface area contributed by atoms with Crippen molar-refractivity contribution in [2.75, 3.05) is 44.2 Å². The maximum atomic E-state index is 14.9. The molecule has 200 valence electrons. The maximum Gasteiger partial charge on any atom is 0.416 e. The van der Waals surface area contributed by atoms with Gasteiger partial charge in [0.15, 0.2) is 0 Å². The highest BCUT2D eigenvalue weighted by molar-refractivity contribution is 5.84. The molecule has 0 radical (unpaired) electrons. The van der Waals surface area contributed by atoms with Crippen molar-refractivity contribution in [3.63, 3.8) is 0 Å². The van der Waals surface area contributed by atoms with Gasteiger partial charge < -0.3 is 20.2 Å². The lowest BCUT2D eigenvalue weighted by molar-refractivity contribution is -0.137. The van der Waals surface area contributed by atoms with Crippen molar-refractivity contribution >= 4 is 11.7 Å². The van der Waals surface area contributed by atoms with Crippen LogP contribution in [0.15, 0.2) is 24.5 Å². The van der Waals surface area contributed by atoms with E-state index in [-0.39, 0.29) is 23.9 Å². The van der Waals surface area contributed by atoms with Crippen molar-refractivity contribution in [1.82, 2.24) is 20.2 Å². The lowest BCUT2D eigenvalue weighted by atomic mass is 9.95. The van der Waals surface area contributed by atoms with Crippen LogP contribution in [-0.2, 0) is 11.0 Å². The van der Waals surface area contributed by atoms with Gasteiger partial charge in [0, 0.05) is 43.9 Å². The van der Waals surface area contributed by atoms with E-state index < -0.39 is 29.6 Å². The lowest BCUT2D eigenvalue weighted by Gasteiger charge is -2.38. The second kappa shape index (κ2) is 10.2. The van der Waals surface area contributed by atoms with Crippen molar-refractivity contribution in [3.8, 4) is 0 Å². The minimum absolute atomic E-state index is 0.0276. The molecule has 2 aliphatic carbocycles. The summed E-state index contributed by atoms with van der Waals surface area (Å²) in [4.78, 5) is 26.0. The Morgan fingerprint density at radius 1 is 1.19 bits per heavy atom. The first-order valence-electron chi connectivity index (χ1n) is 12.8. The Balaban J connectivity index is 1.31. The van der Waals surface area contributed by atoms with E-state index in [1.54, 1.807) is 4.90 Å². The van der Waals surface area contributed by atoms with Gasteiger partial charge in [-0.25, -0.2) is 14.4 Å². The van der Waals surface area contributed by atoms with Crippen LogP contribution in [0.5, 0.6) is 0 Å². The molecule has 1 saturated carbocycles.